The number of ether oxygens (including phenoxy) is 2. The molecule has 1 heterocycles. The lowest BCUT2D eigenvalue weighted by Crippen LogP contribution is -2.60. The lowest BCUT2D eigenvalue weighted by Gasteiger charge is -2.40. The van der Waals surface area contributed by atoms with E-state index in [1.807, 2.05) is 0 Å². The highest BCUT2D eigenvalue weighted by atomic mass is 16.7. The average Bonchev–Trinajstić information content (AvgIpc) is 3.31. The summed E-state index contributed by atoms with van der Waals surface area (Å²) in [6.45, 7) is 3.42. The normalized spacial score (nSPS) is 21.3. The Hall–Kier alpha value is -1.93. The first-order chi connectivity index (χ1) is 31.7. The molecule has 65 heavy (non-hydrogen) atoms. The van der Waals surface area contributed by atoms with Crippen molar-refractivity contribution in [3.63, 3.8) is 0 Å². The van der Waals surface area contributed by atoms with E-state index in [4.69, 9.17) is 9.47 Å². The predicted octanol–water partition coefficient (Wildman–Crippen LogP) is 10.1. The van der Waals surface area contributed by atoms with Gasteiger partial charge in [-0.25, -0.2) is 0 Å². The minimum atomic E-state index is -1.67. The molecule has 8 N–H and O–H groups in total. The SMILES string of the molecule is CCCCCCCCC/C=C/CC/C=C/CC/C=C/CCCC(O)C(O)C(COC1OC(CO)C(O)C(O)C1O)NC(=O)C(O)CCCCCCCC/C=C\CCCCCCCCCC. The van der Waals surface area contributed by atoms with Gasteiger partial charge in [0.1, 0.15) is 36.6 Å². The van der Waals surface area contributed by atoms with Gasteiger partial charge >= 0.3 is 0 Å². The highest BCUT2D eigenvalue weighted by molar-refractivity contribution is 5.80. The maximum atomic E-state index is 13.1. The Kier molecular flexibility index (Phi) is 40.7. The molecule has 0 bridgehead atoms. The standard InChI is InChI=1S/C54H99NO10/c1-3-5-7-9-11-13-15-17-19-21-23-24-26-27-29-31-33-35-37-39-41-46(57)49(59)45(44-64-54-52(62)51(61)50(60)48(43-56)65-54)55-53(63)47(58)42-40-38-36-34-32-30-28-25-22-20-18-16-14-12-10-8-6-4-2/h19,21-22,25-27,33,35,45-52,54,56-62H,3-18,20,23-24,28-32,34,36-44H2,1-2H3,(H,55,63)/b21-19+,25-22-,27-26+,35-33+. The van der Waals surface area contributed by atoms with E-state index in [0.29, 0.717) is 19.3 Å². The van der Waals surface area contributed by atoms with Gasteiger partial charge in [-0.05, 0) is 89.9 Å². The zero-order valence-corrected chi connectivity index (χ0v) is 41.2. The molecule has 1 aliphatic rings. The first-order valence-electron chi connectivity index (χ1n) is 26.5. The van der Waals surface area contributed by atoms with Crippen LogP contribution in [-0.2, 0) is 14.3 Å². The van der Waals surface area contributed by atoms with E-state index in [-0.39, 0.29) is 12.8 Å². The fourth-order valence-electron chi connectivity index (χ4n) is 8.17. The summed E-state index contributed by atoms with van der Waals surface area (Å²) < 4.78 is 11.1. The Bertz CT molecular complexity index is 1190. The van der Waals surface area contributed by atoms with Crippen molar-refractivity contribution >= 4 is 5.91 Å². The van der Waals surface area contributed by atoms with Crippen molar-refractivity contribution in [2.45, 2.75) is 274 Å². The summed E-state index contributed by atoms with van der Waals surface area (Å²) in [7, 11) is 0. The van der Waals surface area contributed by atoms with Crippen molar-refractivity contribution in [2.24, 2.45) is 0 Å². The number of rotatable bonds is 44. The molecule has 0 aromatic rings. The fourth-order valence-corrected chi connectivity index (χ4v) is 8.17. The van der Waals surface area contributed by atoms with Crippen LogP contribution < -0.4 is 5.32 Å². The van der Waals surface area contributed by atoms with E-state index >= 15 is 0 Å². The first kappa shape index (κ1) is 61.1. The quantitative estimate of drug-likeness (QED) is 0.0216. The van der Waals surface area contributed by atoms with Crippen molar-refractivity contribution in [3.8, 4) is 0 Å². The molecule has 1 aliphatic heterocycles. The third kappa shape index (κ3) is 32.5. The van der Waals surface area contributed by atoms with Gasteiger partial charge in [0.2, 0.25) is 5.91 Å². The summed E-state index contributed by atoms with van der Waals surface area (Å²) in [4.78, 5) is 13.1. The Labute approximate surface area is 396 Å². The largest absolute Gasteiger partial charge is 0.394 e. The molecule has 0 aliphatic carbocycles. The van der Waals surface area contributed by atoms with Crippen molar-refractivity contribution in [2.75, 3.05) is 13.2 Å². The highest BCUT2D eigenvalue weighted by Crippen LogP contribution is 2.23. The van der Waals surface area contributed by atoms with Crippen LogP contribution in [0, 0.1) is 0 Å². The summed E-state index contributed by atoms with van der Waals surface area (Å²) in [5.41, 5.74) is 0. The molecule has 0 saturated carbocycles. The van der Waals surface area contributed by atoms with Crippen molar-refractivity contribution in [1.82, 2.24) is 5.32 Å². The Morgan fingerprint density at radius 2 is 0.923 bits per heavy atom. The predicted molar refractivity (Wildman–Crippen MR) is 265 cm³/mol. The first-order valence-corrected chi connectivity index (χ1v) is 26.5. The van der Waals surface area contributed by atoms with Crippen molar-refractivity contribution < 1.29 is 50.0 Å². The number of carbonyl (C=O) groups excluding carboxylic acids is 1. The number of hydrogen-bond acceptors (Lipinski definition) is 10. The number of aliphatic hydroxyl groups excluding tert-OH is 7. The van der Waals surface area contributed by atoms with Gasteiger partial charge in [0, 0.05) is 0 Å². The molecule has 0 spiro atoms. The number of carbonyl (C=O) groups is 1. The summed E-state index contributed by atoms with van der Waals surface area (Å²) >= 11 is 0. The van der Waals surface area contributed by atoms with Crippen molar-refractivity contribution in [3.05, 3.63) is 48.6 Å². The van der Waals surface area contributed by atoms with Crippen LogP contribution in [0.1, 0.15) is 219 Å². The van der Waals surface area contributed by atoms with Crippen molar-refractivity contribution in [1.29, 1.82) is 0 Å². The topological polar surface area (TPSA) is 189 Å². The molecule has 380 valence electrons. The van der Waals surface area contributed by atoms with E-state index in [2.05, 4.69) is 67.8 Å². The second kappa shape index (κ2) is 43.4. The lowest BCUT2D eigenvalue weighted by atomic mass is 9.98. The van der Waals surface area contributed by atoms with Crippen LogP contribution in [0.15, 0.2) is 48.6 Å². The van der Waals surface area contributed by atoms with Gasteiger partial charge in [-0.15, -0.1) is 0 Å². The van der Waals surface area contributed by atoms with Crippen LogP contribution in [0.4, 0.5) is 0 Å². The third-order valence-corrected chi connectivity index (χ3v) is 12.6. The number of aliphatic hydroxyl groups is 7. The van der Waals surface area contributed by atoms with E-state index in [0.717, 1.165) is 64.2 Å². The van der Waals surface area contributed by atoms with E-state index in [1.54, 1.807) is 0 Å². The lowest BCUT2D eigenvalue weighted by molar-refractivity contribution is -0.303. The van der Waals surface area contributed by atoms with Crippen LogP contribution in [0.5, 0.6) is 0 Å². The second-order valence-electron chi connectivity index (χ2n) is 18.6. The Balaban J connectivity index is 2.43. The van der Waals surface area contributed by atoms with Gasteiger partial charge < -0.3 is 50.5 Å². The molecular formula is C54H99NO10. The molecule has 0 radical (unpaired) electrons. The maximum absolute atomic E-state index is 13.1. The Morgan fingerprint density at radius 1 is 0.523 bits per heavy atom. The van der Waals surface area contributed by atoms with Gasteiger partial charge in [-0.2, -0.15) is 0 Å². The zero-order chi connectivity index (χ0) is 47.6. The fraction of sp³-hybridized carbons (Fsp3) is 0.833. The van der Waals surface area contributed by atoms with Crippen LogP contribution in [0.3, 0.4) is 0 Å². The number of nitrogens with one attached hydrogen (secondary N) is 1. The second-order valence-corrected chi connectivity index (χ2v) is 18.6. The summed E-state index contributed by atoms with van der Waals surface area (Å²) in [5, 5.41) is 75.9. The van der Waals surface area contributed by atoms with E-state index in [1.165, 1.54) is 109 Å². The molecule has 1 rings (SSSR count). The van der Waals surface area contributed by atoms with Gasteiger partial charge in [-0.3, -0.25) is 4.79 Å². The number of allylic oxidation sites excluding steroid dienone is 8. The molecule has 9 atom stereocenters. The molecule has 9 unspecified atom stereocenters. The third-order valence-electron chi connectivity index (χ3n) is 12.6. The number of amides is 1. The minimum absolute atomic E-state index is 0.239. The molecule has 0 aromatic heterocycles. The Morgan fingerprint density at radius 3 is 1.37 bits per heavy atom. The summed E-state index contributed by atoms with van der Waals surface area (Å²) in [5.74, 6) is -0.718. The van der Waals surface area contributed by atoms with E-state index in [9.17, 15) is 40.5 Å². The monoisotopic (exact) mass is 922 g/mol. The van der Waals surface area contributed by atoms with Crippen LogP contribution in [0.25, 0.3) is 0 Å². The number of unbranched alkanes of at least 4 members (excludes halogenated alkanes) is 24. The minimum Gasteiger partial charge on any atom is -0.394 e. The molecule has 1 fully saturated rings. The zero-order valence-electron chi connectivity index (χ0n) is 41.2. The smallest absolute Gasteiger partial charge is 0.249 e. The molecular weight excluding hydrogens is 823 g/mol. The molecule has 1 saturated heterocycles. The molecule has 0 aromatic carbocycles. The summed E-state index contributed by atoms with van der Waals surface area (Å²) in [6.07, 6.45) is 41.5. The van der Waals surface area contributed by atoms with Gasteiger partial charge in [0.05, 0.1) is 25.4 Å². The van der Waals surface area contributed by atoms with Gasteiger partial charge in [0.25, 0.3) is 0 Å². The van der Waals surface area contributed by atoms with Crippen LogP contribution >= 0.6 is 0 Å². The van der Waals surface area contributed by atoms with E-state index < -0.39 is 74.2 Å². The average molecular weight is 922 g/mol. The molecule has 1 amide bonds. The number of hydrogen-bond donors (Lipinski definition) is 8. The van der Waals surface area contributed by atoms with Gasteiger partial charge in [0.15, 0.2) is 6.29 Å². The molecule has 11 nitrogen and oxygen atoms in total. The van der Waals surface area contributed by atoms with Crippen LogP contribution in [0.2, 0.25) is 0 Å². The van der Waals surface area contributed by atoms with Gasteiger partial charge in [-0.1, -0.05) is 178 Å². The maximum Gasteiger partial charge on any atom is 0.249 e. The highest BCUT2D eigenvalue weighted by Gasteiger charge is 2.44. The molecule has 11 heteroatoms. The van der Waals surface area contributed by atoms with Crippen LogP contribution in [-0.4, -0.2) is 110 Å². The summed E-state index contributed by atoms with van der Waals surface area (Å²) in [6, 6.07) is -1.20.